The summed E-state index contributed by atoms with van der Waals surface area (Å²) in [5.74, 6) is 0.714. The maximum atomic E-state index is 5.46. The Bertz CT molecular complexity index is 425. The number of ether oxygens (including phenoxy) is 1. The lowest BCUT2D eigenvalue weighted by molar-refractivity contribution is 0.413. The van der Waals surface area contributed by atoms with Crippen LogP contribution in [0, 0.1) is 0 Å². The average Bonchev–Trinajstić information content (AvgIpc) is 2.65. The molecular weight excluding hydrogens is 200 g/mol. The highest BCUT2D eigenvalue weighted by Gasteiger charge is 2.05. The first kappa shape index (κ1) is 8.89. The van der Waals surface area contributed by atoms with Crippen LogP contribution in [0.2, 0.25) is 0 Å². The van der Waals surface area contributed by atoms with Crippen molar-refractivity contribution in [2.75, 3.05) is 12.8 Å². The average molecular weight is 208 g/mol. The van der Waals surface area contributed by atoms with Gasteiger partial charge in [0.15, 0.2) is 5.01 Å². The van der Waals surface area contributed by atoms with E-state index in [9.17, 15) is 0 Å². The molecule has 0 saturated carbocycles. The largest absolute Gasteiger partial charge is 0.495 e. The lowest BCUT2D eigenvalue weighted by Crippen LogP contribution is -1.86. The summed E-state index contributed by atoms with van der Waals surface area (Å²) in [7, 11) is 1.60. The lowest BCUT2D eigenvalue weighted by Gasteiger charge is -1.98. The number of anilines is 1. The Hall–Kier alpha value is -1.69. The van der Waals surface area contributed by atoms with Crippen molar-refractivity contribution in [1.82, 2.24) is 15.2 Å². The molecule has 0 fully saturated rings. The summed E-state index contributed by atoms with van der Waals surface area (Å²) in [6, 6.07) is 3.64. The second-order valence-corrected chi connectivity index (χ2v) is 3.54. The van der Waals surface area contributed by atoms with Crippen LogP contribution in [0.15, 0.2) is 18.3 Å². The second kappa shape index (κ2) is 3.59. The van der Waals surface area contributed by atoms with Crippen LogP contribution >= 0.6 is 11.3 Å². The van der Waals surface area contributed by atoms with Crippen LogP contribution in [0.3, 0.4) is 0 Å². The number of rotatable bonds is 2. The molecule has 2 heterocycles. The Balaban J connectivity index is 2.33. The second-order valence-electron chi connectivity index (χ2n) is 2.53. The van der Waals surface area contributed by atoms with Crippen molar-refractivity contribution >= 4 is 16.5 Å². The van der Waals surface area contributed by atoms with Crippen LogP contribution in [0.5, 0.6) is 5.75 Å². The van der Waals surface area contributed by atoms with Gasteiger partial charge in [0, 0.05) is 0 Å². The first-order valence-electron chi connectivity index (χ1n) is 3.89. The Morgan fingerprint density at radius 1 is 1.36 bits per heavy atom. The molecule has 6 heteroatoms. The van der Waals surface area contributed by atoms with Crippen LogP contribution in [0.1, 0.15) is 0 Å². The fourth-order valence-corrected chi connectivity index (χ4v) is 1.55. The molecule has 0 aliphatic rings. The molecule has 14 heavy (non-hydrogen) atoms. The van der Waals surface area contributed by atoms with Crippen molar-refractivity contribution < 1.29 is 4.74 Å². The monoisotopic (exact) mass is 208 g/mol. The van der Waals surface area contributed by atoms with Crippen molar-refractivity contribution in [2.45, 2.75) is 0 Å². The van der Waals surface area contributed by atoms with Gasteiger partial charge in [-0.15, -0.1) is 10.2 Å². The predicted octanol–water partition coefficient (Wildman–Crippen LogP) is 1.19. The normalized spacial score (nSPS) is 10.1. The van der Waals surface area contributed by atoms with Gasteiger partial charge in [0.2, 0.25) is 5.13 Å². The van der Waals surface area contributed by atoms with E-state index in [2.05, 4.69) is 15.2 Å². The van der Waals surface area contributed by atoms with E-state index >= 15 is 0 Å². The molecule has 0 atom stereocenters. The minimum Gasteiger partial charge on any atom is -0.495 e. The van der Waals surface area contributed by atoms with Crippen molar-refractivity contribution in [2.24, 2.45) is 0 Å². The molecule has 2 rings (SSSR count). The molecule has 0 saturated heterocycles. The Morgan fingerprint density at radius 3 is 2.71 bits per heavy atom. The fraction of sp³-hybridized carbons (Fsp3) is 0.125. The summed E-state index contributed by atoms with van der Waals surface area (Å²) >= 11 is 1.31. The predicted molar refractivity (Wildman–Crippen MR) is 54.1 cm³/mol. The van der Waals surface area contributed by atoms with Gasteiger partial charge in [-0.25, -0.2) is 4.98 Å². The highest BCUT2D eigenvalue weighted by atomic mass is 32.1. The fourth-order valence-electron chi connectivity index (χ4n) is 0.966. The van der Waals surface area contributed by atoms with Crippen molar-refractivity contribution in [3.8, 4) is 16.5 Å². The molecule has 0 aliphatic carbocycles. The Morgan fingerprint density at radius 2 is 2.21 bits per heavy atom. The zero-order valence-corrected chi connectivity index (χ0v) is 8.28. The van der Waals surface area contributed by atoms with E-state index in [-0.39, 0.29) is 0 Å². The van der Waals surface area contributed by atoms with Gasteiger partial charge in [0.1, 0.15) is 11.4 Å². The van der Waals surface area contributed by atoms with Gasteiger partial charge >= 0.3 is 0 Å². The van der Waals surface area contributed by atoms with Gasteiger partial charge in [0.05, 0.1) is 13.3 Å². The summed E-state index contributed by atoms with van der Waals surface area (Å²) in [5.41, 5.74) is 6.21. The maximum absolute atomic E-state index is 5.46. The van der Waals surface area contributed by atoms with Gasteiger partial charge in [-0.3, -0.25) is 0 Å². The molecule has 2 N–H and O–H groups in total. The molecule has 0 radical (unpaired) electrons. The molecule has 0 amide bonds. The number of hydrogen-bond acceptors (Lipinski definition) is 6. The molecule has 0 aromatic carbocycles. The summed E-state index contributed by atoms with van der Waals surface area (Å²) in [5, 5.41) is 8.75. The number of nitrogens with two attached hydrogens (primary N) is 1. The number of nitrogen functional groups attached to an aromatic ring is 1. The van der Waals surface area contributed by atoms with E-state index in [1.807, 2.05) is 12.1 Å². The van der Waals surface area contributed by atoms with E-state index in [0.717, 1.165) is 5.69 Å². The minimum atomic E-state index is 0.442. The van der Waals surface area contributed by atoms with Crippen molar-refractivity contribution in [3.05, 3.63) is 18.3 Å². The third-order valence-corrected chi connectivity index (χ3v) is 2.41. The first-order chi connectivity index (χ1) is 6.79. The summed E-state index contributed by atoms with van der Waals surface area (Å²) < 4.78 is 4.99. The maximum Gasteiger partial charge on any atom is 0.203 e. The van der Waals surface area contributed by atoms with Gasteiger partial charge in [-0.2, -0.15) is 0 Å². The molecule has 0 spiro atoms. The molecule has 5 nitrogen and oxygen atoms in total. The van der Waals surface area contributed by atoms with Crippen molar-refractivity contribution in [3.63, 3.8) is 0 Å². The highest BCUT2D eigenvalue weighted by Crippen LogP contribution is 2.23. The van der Waals surface area contributed by atoms with E-state index in [4.69, 9.17) is 10.5 Å². The first-order valence-corrected chi connectivity index (χ1v) is 4.70. The summed E-state index contributed by atoms with van der Waals surface area (Å²) in [6.07, 6.45) is 1.63. The number of methoxy groups -OCH3 is 1. The number of aromatic nitrogens is 3. The summed E-state index contributed by atoms with van der Waals surface area (Å²) in [6.45, 7) is 0. The van der Waals surface area contributed by atoms with Crippen LogP contribution in [-0.4, -0.2) is 22.3 Å². The van der Waals surface area contributed by atoms with Gasteiger partial charge in [-0.1, -0.05) is 11.3 Å². The van der Waals surface area contributed by atoms with E-state index in [1.54, 1.807) is 13.3 Å². The Labute approximate surface area is 84.6 Å². The third-order valence-electron chi connectivity index (χ3n) is 1.63. The molecule has 2 aromatic heterocycles. The third kappa shape index (κ3) is 1.64. The van der Waals surface area contributed by atoms with Crippen LogP contribution in [-0.2, 0) is 0 Å². The topological polar surface area (TPSA) is 73.9 Å². The van der Waals surface area contributed by atoms with E-state index in [1.165, 1.54) is 11.3 Å². The van der Waals surface area contributed by atoms with Gasteiger partial charge in [0.25, 0.3) is 0 Å². The SMILES string of the molecule is COc1ccc(-c2nnc(N)s2)nc1. The molecule has 0 aliphatic heterocycles. The summed E-state index contributed by atoms with van der Waals surface area (Å²) in [4.78, 5) is 4.16. The minimum absolute atomic E-state index is 0.442. The molecule has 0 unspecified atom stereocenters. The molecular formula is C8H8N4OS. The quantitative estimate of drug-likeness (QED) is 0.802. The number of hydrogen-bond donors (Lipinski definition) is 1. The standard InChI is InChI=1S/C8H8N4OS/c1-13-5-2-3-6(10-4-5)7-11-12-8(9)14-7/h2-4H,1H3,(H2,9,12). The van der Waals surface area contributed by atoms with Crippen molar-refractivity contribution in [1.29, 1.82) is 0 Å². The van der Waals surface area contributed by atoms with E-state index in [0.29, 0.717) is 15.9 Å². The van der Waals surface area contributed by atoms with Crippen LogP contribution < -0.4 is 10.5 Å². The molecule has 72 valence electrons. The Kier molecular flexibility index (Phi) is 2.28. The molecule has 2 aromatic rings. The van der Waals surface area contributed by atoms with Crippen LogP contribution in [0.25, 0.3) is 10.7 Å². The van der Waals surface area contributed by atoms with Gasteiger partial charge < -0.3 is 10.5 Å². The molecule has 0 bridgehead atoms. The highest BCUT2D eigenvalue weighted by molar-refractivity contribution is 7.18. The van der Waals surface area contributed by atoms with Gasteiger partial charge in [-0.05, 0) is 12.1 Å². The zero-order valence-electron chi connectivity index (χ0n) is 7.47. The number of nitrogens with zero attached hydrogens (tertiary/aromatic N) is 3. The zero-order chi connectivity index (χ0) is 9.97. The smallest absolute Gasteiger partial charge is 0.203 e. The van der Waals surface area contributed by atoms with E-state index < -0.39 is 0 Å². The lowest BCUT2D eigenvalue weighted by atomic mass is 10.3. The van der Waals surface area contributed by atoms with Crippen LogP contribution in [0.4, 0.5) is 5.13 Å². The number of pyridine rings is 1.